The molecule has 1 aromatic heterocycles. The minimum atomic E-state index is -0.107. The van der Waals surface area contributed by atoms with Gasteiger partial charge in [0.15, 0.2) is 0 Å². The highest BCUT2D eigenvalue weighted by Gasteiger charge is 2.09. The van der Waals surface area contributed by atoms with Crippen LogP contribution in [0.4, 0.5) is 0 Å². The van der Waals surface area contributed by atoms with E-state index in [0.29, 0.717) is 11.3 Å². The normalized spacial score (nSPS) is 12.1. The smallest absolute Gasteiger partial charge is 0.261 e. The van der Waals surface area contributed by atoms with Gasteiger partial charge >= 0.3 is 0 Å². The van der Waals surface area contributed by atoms with E-state index in [0.717, 1.165) is 6.29 Å². The van der Waals surface area contributed by atoms with E-state index in [1.165, 1.54) is 11.3 Å². The SMILES string of the molecule is CC(CC=O)NC(=O)c1cccs1. The van der Waals surface area contributed by atoms with Gasteiger partial charge in [-0.15, -0.1) is 11.3 Å². The van der Waals surface area contributed by atoms with E-state index in [4.69, 9.17) is 0 Å². The van der Waals surface area contributed by atoms with Crippen molar-refractivity contribution in [3.8, 4) is 0 Å². The molecule has 1 unspecified atom stereocenters. The number of thiophene rings is 1. The first-order chi connectivity index (χ1) is 6.24. The highest BCUT2D eigenvalue weighted by molar-refractivity contribution is 7.12. The van der Waals surface area contributed by atoms with Gasteiger partial charge in [-0.3, -0.25) is 4.79 Å². The van der Waals surface area contributed by atoms with E-state index in [9.17, 15) is 9.59 Å². The van der Waals surface area contributed by atoms with Crippen LogP contribution in [0.25, 0.3) is 0 Å². The zero-order chi connectivity index (χ0) is 9.68. The van der Waals surface area contributed by atoms with Crippen molar-refractivity contribution in [2.24, 2.45) is 0 Å². The van der Waals surface area contributed by atoms with Gasteiger partial charge in [-0.1, -0.05) is 6.07 Å². The third kappa shape index (κ3) is 2.99. The van der Waals surface area contributed by atoms with Crippen LogP contribution in [0.15, 0.2) is 17.5 Å². The number of carbonyl (C=O) groups is 2. The van der Waals surface area contributed by atoms with Crippen molar-refractivity contribution in [3.05, 3.63) is 22.4 Å². The molecule has 4 heteroatoms. The molecule has 0 saturated carbocycles. The number of nitrogens with one attached hydrogen (secondary N) is 1. The number of carbonyl (C=O) groups excluding carboxylic acids is 2. The Balaban J connectivity index is 2.46. The first-order valence-electron chi connectivity index (χ1n) is 4.02. The van der Waals surface area contributed by atoms with Crippen LogP contribution in [0.1, 0.15) is 23.0 Å². The number of rotatable bonds is 4. The zero-order valence-corrected chi connectivity index (χ0v) is 8.14. The Morgan fingerprint density at radius 1 is 1.77 bits per heavy atom. The fourth-order valence-corrected chi connectivity index (χ4v) is 1.53. The predicted molar refractivity (Wildman–Crippen MR) is 51.9 cm³/mol. The van der Waals surface area contributed by atoms with Gasteiger partial charge in [-0.2, -0.15) is 0 Å². The van der Waals surface area contributed by atoms with Crippen molar-refractivity contribution in [2.45, 2.75) is 19.4 Å². The minimum Gasteiger partial charge on any atom is -0.348 e. The van der Waals surface area contributed by atoms with E-state index < -0.39 is 0 Å². The fraction of sp³-hybridized carbons (Fsp3) is 0.333. The van der Waals surface area contributed by atoms with Crippen LogP contribution < -0.4 is 5.32 Å². The van der Waals surface area contributed by atoms with E-state index in [2.05, 4.69) is 5.32 Å². The molecule has 0 fully saturated rings. The average molecular weight is 197 g/mol. The molecule has 0 aliphatic heterocycles. The lowest BCUT2D eigenvalue weighted by atomic mass is 10.2. The summed E-state index contributed by atoms with van der Waals surface area (Å²) < 4.78 is 0. The topological polar surface area (TPSA) is 46.2 Å². The summed E-state index contributed by atoms with van der Waals surface area (Å²) in [5, 5.41) is 4.57. The molecule has 1 atom stereocenters. The molecule has 1 rings (SSSR count). The van der Waals surface area contributed by atoms with Gasteiger partial charge in [0, 0.05) is 12.5 Å². The van der Waals surface area contributed by atoms with E-state index in [1.807, 2.05) is 11.4 Å². The molecule has 3 nitrogen and oxygen atoms in total. The summed E-state index contributed by atoms with van der Waals surface area (Å²) >= 11 is 1.39. The maximum absolute atomic E-state index is 11.4. The zero-order valence-electron chi connectivity index (χ0n) is 7.32. The quantitative estimate of drug-likeness (QED) is 0.743. The molecule has 1 heterocycles. The van der Waals surface area contributed by atoms with Crippen molar-refractivity contribution in [1.82, 2.24) is 5.32 Å². The molecule has 1 N–H and O–H groups in total. The van der Waals surface area contributed by atoms with Crippen molar-refractivity contribution in [1.29, 1.82) is 0 Å². The number of amides is 1. The van der Waals surface area contributed by atoms with Gasteiger partial charge < -0.3 is 10.1 Å². The van der Waals surface area contributed by atoms with Crippen molar-refractivity contribution in [2.75, 3.05) is 0 Å². The van der Waals surface area contributed by atoms with Crippen molar-refractivity contribution in [3.63, 3.8) is 0 Å². The molecule has 0 aliphatic rings. The number of aldehydes is 1. The second-order valence-corrected chi connectivity index (χ2v) is 3.70. The van der Waals surface area contributed by atoms with Crippen LogP contribution in [0.2, 0.25) is 0 Å². The molecule has 1 aromatic rings. The second kappa shape index (κ2) is 4.77. The molecule has 0 spiro atoms. The largest absolute Gasteiger partial charge is 0.348 e. The summed E-state index contributed by atoms with van der Waals surface area (Å²) in [5.74, 6) is -0.107. The van der Waals surface area contributed by atoms with E-state index in [1.54, 1.807) is 13.0 Å². The van der Waals surface area contributed by atoms with Crippen LogP contribution in [0.3, 0.4) is 0 Å². The third-order valence-corrected chi connectivity index (χ3v) is 2.44. The molecular formula is C9H11NO2S. The third-order valence-electron chi connectivity index (χ3n) is 1.57. The van der Waals surface area contributed by atoms with Crippen LogP contribution in [-0.2, 0) is 4.79 Å². The molecule has 70 valence electrons. The molecule has 13 heavy (non-hydrogen) atoms. The van der Waals surface area contributed by atoms with Gasteiger partial charge in [-0.25, -0.2) is 0 Å². The maximum Gasteiger partial charge on any atom is 0.261 e. The minimum absolute atomic E-state index is 0.0906. The van der Waals surface area contributed by atoms with Gasteiger partial charge in [-0.05, 0) is 18.4 Å². The summed E-state index contributed by atoms with van der Waals surface area (Å²) in [6, 6.07) is 3.49. The van der Waals surface area contributed by atoms with E-state index >= 15 is 0 Å². The summed E-state index contributed by atoms with van der Waals surface area (Å²) in [5.41, 5.74) is 0. The monoisotopic (exact) mass is 197 g/mol. The summed E-state index contributed by atoms with van der Waals surface area (Å²) in [4.78, 5) is 22.2. The Morgan fingerprint density at radius 3 is 3.08 bits per heavy atom. The average Bonchev–Trinajstić information content (AvgIpc) is 2.55. The second-order valence-electron chi connectivity index (χ2n) is 2.75. The van der Waals surface area contributed by atoms with Crippen LogP contribution in [-0.4, -0.2) is 18.2 Å². The summed E-state index contributed by atoms with van der Waals surface area (Å²) in [7, 11) is 0. The van der Waals surface area contributed by atoms with Crippen LogP contribution in [0, 0.1) is 0 Å². The lowest BCUT2D eigenvalue weighted by Crippen LogP contribution is -2.32. The molecule has 0 saturated heterocycles. The molecule has 0 radical (unpaired) electrons. The molecule has 0 aliphatic carbocycles. The van der Waals surface area contributed by atoms with Crippen LogP contribution >= 0.6 is 11.3 Å². The molecule has 0 bridgehead atoms. The first kappa shape index (κ1) is 9.92. The fourth-order valence-electron chi connectivity index (χ4n) is 0.906. The Labute approximate surface area is 80.8 Å². The van der Waals surface area contributed by atoms with Gasteiger partial charge in [0.1, 0.15) is 6.29 Å². The maximum atomic E-state index is 11.4. The first-order valence-corrected chi connectivity index (χ1v) is 4.90. The standard InChI is InChI=1S/C9H11NO2S/c1-7(4-5-11)10-9(12)8-3-2-6-13-8/h2-3,5-7H,4H2,1H3,(H,10,12). The lowest BCUT2D eigenvalue weighted by Gasteiger charge is -2.08. The Hall–Kier alpha value is -1.16. The van der Waals surface area contributed by atoms with Gasteiger partial charge in [0.05, 0.1) is 4.88 Å². The summed E-state index contributed by atoms with van der Waals surface area (Å²) in [6.07, 6.45) is 1.16. The Bertz CT molecular complexity index is 282. The number of hydrogen-bond donors (Lipinski definition) is 1. The Kier molecular flexibility index (Phi) is 3.64. The van der Waals surface area contributed by atoms with Crippen LogP contribution in [0.5, 0.6) is 0 Å². The predicted octanol–water partition coefficient (Wildman–Crippen LogP) is 1.46. The van der Waals surface area contributed by atoms with E-state index in [-0.39, 0.29) is 11.9 Å². The highest BCUT2D eigenvalue weighted by atomic mass is 32.1. The molecule has 1 amide bonds. The Morgan fingerprint density at radius 2 is 2.54 bits per heavy atom. The number of hydrogen-bond acceptors (Lipinski definition) is 3. The van der Waals surface area contributed by atoms with Gasteiger partial charge in [0.2, 0.25) is 0 Å². The highest BCUT2D eigenvalue weighted by Crippen LogP contribution is 2.08. The lowest BCUT2D eigenvalue weighted by molar-refractivity contribution is -0.108. The van der Waals surface area contributed by atoms with Crippen molar-refractivity contribution >= 4 is 23.5 Å². The molecular weight excluding hydrogens is 186 g/mol. The van der Waals surface area contributed by atoms with Crippen molar-refractivity contribution < 1.29 is 9.59 Å². The van der Waals surface area contributed by atoms with Gasteiger partial charge in [0.25, 0.3) is 5.91 Å². The molecule has 0 aromatic carbocycles. The summed E-state index contributed by atoms with van der Waals surface area (Å²) in [6.45, 7) is 1.81.